The number of hydrogen-bond acceptors (Lipinski definition) is 5. The van der Waals surface area contributed by atoms with Gasteiger partial charge in [0.25, 0.3) is 0 Å². The predicted octanol–water partition coefficient (Wildman–Crippen LogP) is -0.00792. The predicted molar refractivity (Wildman–Crippen MR) is 68.9 cm³/mol. The van der Waals surface area contributed by atoms with E-state index in [2.05, 4.69) is 11.1 Å². The highest BCUT2D eigenvalue weighted by Gasteiger charge is 2.11. The van der Waals surface area contributed by atoms with E-state index < -0.39 is 5.91 Å². The van der Waals surface area contributed by atoms with Crippen LogP contribution in [0.4, 0.5) is 5.95 Å². The van der Waals surface area contributed by atoms with Crippen LogP contribution in [0.5, 0.6) is 0 Å². The van der Waals surface area contributed by atoms with Gasteiger partial charge in [-0.25, -0.2) is 4.98 Å². The SMILES string of the molecule is N#Cc1cccc2c1nc(N)n2CCOCC(N)=O. The molecule has 7 nitrogen and oxygen atoms in total. The Balaban J connectivity index is 2.21. The molecule has 0 aliphatic heterocycles. The molecule has 0 aliphatic carbocycles. The van der Waals surface area contributed by atoms with Gasteiger partial charge in [0.2, 0.25) is 11.9 Å². The second-order valence-electron chi connectivity index (χ2n) is 3.93. The molecule has 0 fully saturated rings. The molecule has 0 spiro atoms. The number of para-hydroxylation sites is 1. The van der Waals surface area contributed by atoms with Crippen LogP contribution >= 0.6 is 0 Å². The molecule has 98 valence electrons. The third-order valence-electron chi connectivity index (χ3n) is 2.63. The summed E-state index contributed by atoms with van der Waals surface area (Å²) in [5, 5.41) is 8.99. The molecule has 4 N–H and O–H groups in total. The number of carbonyl (C=O) groups is 1. The van der Waals surface area contributed by atoms with Gasteiger partial charge in [-0.2, -0.15) is 5.26 Å². The first kappa shape index (κ1) is 12.9. The number of primary amides is 1. The molecule has 1 aromatic heterocycles. The number of nitrogens with zero attached hydrogens (tertiary/aromatic N) is 3. The molecule has 7 heteroatoms. The Morgan fingerprint density at radius 3 is 3.00 bits per heavy atom. The Morgan fingerprint density at radius 2 is 2.32 bits per heavy atom. The Bertz CT molecular complexity index is 656. The van der Waals surface area contributed by atoms with E-state index >= 15 is 0 Å². The quantitative estimate of drug-likeness (QED) is 0.732. The summed E-state index contributed by atoms with van der Waals surface area (Å²) < 4.78 is 6.82. The van der Waals surface area contributed by atoms with E-state index in [1.807, 2.05) is 6.07 Å². The number of nitriles is 1. The second-order valence-corrected chi connectivity index (χ2v) is 3.93. The number of ether oxygens (including phenoxy) is 1. The molecule has 0 saturated heterocycles. The molecule has 19 heavy (non-hydrogen) atoms. The Labute approximate surface area is 109 Å². The molecule has 1 heterocycles. The monoisotopic (exact) mass is 259 g/mol. The first-order chi connectivity index (χ1) is 9.13. The number of nitrogen functional groups attached to an aromatic ring is 1. The number of benzene rings is 1. The largest absolute Gasteiger partial charge is 0.370 e. The van der Waals surface area contributed by atoms with Crippen LogP contribution in [0.2, 0.25) is 0 Å². The molecule has 0 aliphatic rings. The zero-order valence-electron chi connectivity index (χ0n) is 10.2. The number of fused-ring (bicyclic) bond motifs is 1. The lowest BCUT2D eigenvalue weighted by Gasteiger charge is -2.06. The van der Waals surface area contributed by atoms with Gasteiger partial charge in [0.15, 0.2) is 0 Å². The van der Waals surface area contributed by atoms with Gasteiger partial charge in [0.1, 0.15) is 18.2 Å². The summed E-state index contributed by atoms with van der Waals surface area (Å²) >= 11 is 0. The van der Waals surface area contributed by atoms with Gasteiger partial charge >= 0.3 is 0 Å². The first-order valence-corrected chi connectivity index (χ1v) is 5.64. The molecule has 1 amide bonds. The highest BCUT2D eigenvalue weighted by Crippen LogP contribution is 2.20. The topological polar surface area (TPSA) is 120 Å². The maximum Gasteiger partial charge on any atom is 0.243 e. The van der Waals surface area contributed by atoms with Crippen molar-refractivity contribution in [2.75, 3.05) is 18.9 Å². The fourth-order valence-corrected chi connectivity index (χ4v) is 1.82. The Hall–Kier alpha value is -2.59. The third kappa shape index (κ3) is 2.64. The van der Waals surface area contributed by atoms with Crippen molar-refractivity contribution in [1.82, 2.24) is 9.55 Å². The van der Waals surface area contributed by atoms with E-state index in [1.54, 1.807) is 16.7 Å². The number of nitrogens with two attached hydrogens (primary N) is 2. The summed E-state index contributed by atoms with van der Waals surface area (Å²) in [5.41, 5.74) is 12.6. The van der Waals surface area contributed by atoms with Gasteiger partial charge in [0, 0.05) is 6.54 Å². The van der Waals surface area contributed by atoms with Crippen LogP contribution in [-0.4, -0.2) is 28.7 Å². The molecule has 0 saturated carbocycles. The van der Waals surface area contributed by atoms with Crippen LogP contribution in [0.15, 0.2) is 18.2 Å². The number of imidazole rings is 1. The van der Waals surface area contributed by atoms with Crippen molar-refractivity contribution in [3.63, 3.8) is 0 Å². The van der Waals surface area contributed by atoms with Gasteiger partial charge in [-0.15, -0.1) is 0 Å². The van der Waals surface area contributed by atoms with Crippen LogP contribution in [0.3, 0.4) is 0 Å². The molecule has 2 rings (SSSR count). The molecular weight excluding hydrogens is 246 g/mol. The van der Waals surface area contributed by atoms with Crippen molar-refractivity contribution in [3.8, 4) is 6.07 Å². The van der Waals surface area contributed by atoms with Gasteiger partial charge < -0.3 is 20.8 Å². The van der Waals surface area contributed by atoms with Crippen molar-refractivity contribution in [3.05, 3.63) is 23.8 Å². The normalized spacial score (nSPS) is 10.5. The van der Waals surface area contributed by atoms with E-state index in [0.29, 0.717) is 23.6 Å². The number of aromatic nitrogens is 2. The molecular formula is C12H13N5O2. The number of rotatable bonds is 5. The number of amides is 1. The van der Waals surface area contributed by atoms with Gasteiger partial charge in [-0.3, -0.25) is 4.79 Å². The van der Waals surface area contributed by atoms with Crippen LogP contribution < -0.4 is 11.5 Å². The van der Waals surface area contributed by atoms with Crippen LogP contribution in [-0.2, 0) is 16.1 Å². The van der Waals surface area contributed by atoms with Crippen molar-refractivity contribution in [2.45, 2.75) is 6.54 Å². The van der Waals surface area contributed by atoms with Crippen molar-refractivity contribution < 1.29 is 9.53 Å². The second kappa shape index (κ2) is 5.37. The minimum atomic E-state index is -0.518. The lowest BCUT2D eigenvalue weighted by Crippen LogP contribution is -2.20. The lowest BCUT2D eigenvalue weighted by molar-refractivity contribution is -0.122. The van der Waals surface area contributed by atoms with Gasteiger partial charge in [-0.1, -0.05) is 6.07 Å². The van der Waals surface area contributed by atoms with E-state index in [0.717, 1.165) is 5.52 Å². The van der Waals surface area contributed by atoms with Gasteiger partial charge in [0.05, 0.1) is 17.7 Å². The molecule has 0 atom stereocenters. The molecule has 2 aromatic rings. The smallest absolute Gasteiger partial charge is 0.243 e. The number of hydrogen-bond donors (Lipinski definition) is 2. The number of anilines is 1. The summed E-state index contributed by atoms with van der Waals surface area (Å²) in [5.74, 6) is -0.212. The average Bonchev–Trinajstić information content (AvgIpc) is 2.70. The minimum Gasteiger partial charge on any atom is -0.370 e. The van der Waals surface area contributed by atoms with Crippen molar-refractivity contribution in [1.29, 1.82) is 5.26 Å². The third-order valence-corrected chi connectivity index (χ3v) is 2.63. The fraction of sp³-hybridized carbons (Fsp3) is 0.250. The van der Waals surface area contributed by atoms with Crippen LogP contribution in [0.25, 0.3) is 11.0 Å². The summed E-state index contributed by atoms with van der Waals surface area (Å²) in [6.07, 6.45) is 0. The van der Waals surface area contributed by atoms with E-state index in [4.69, 9.17) is 21.5 Å². The standard InChI is InChI=1S/C12H13N5O2/c13-6-8-2-1-3-9-11(8)16-12(15)17(9)4-5-19-7-10(14)18/h1-3H,4-5,7H2,(H2,14,18)(H2,15,16). The zero-order chi connectivity index (χ0) is 13.8. The van der Waals surface area contributed by atoms with Crippen molar-refractivity contribution >= 4 is 22.9 Å². The fourth-order valence-electron chi connectivity index (χ4n) is 1.82. The lowest BCUT2D eigenvalue weighted by atomic mass is 10.2. The van der Waals surface area contributed by atoms with Crippen LogP contribution in [0.1, 0.15) is 5.56 Å². The summed E-state index contributed by atoms with van der Waals surface area (Å²) in [7, 11) is 0. The molecule has 0 unspecified atom stereocenters. The highest BCUT2D eigenvalue weighted by atomic mass is 16.5. The first-order valence-electron chi connectivity index (χ1n) is 5.64. The van der Waals surface area contributed by atoms with E-state index in [1.165, 1.54) is 0 Å². The van der Waals surface area contributed by atoms with Gasteiger partial charge in [-0.05, 0) is 12.1 Å². The summed E-state index contributed by atoms with van der Waals surface area (Å²) in [6, 6.07) is 7.35. The summed E-state index contributed by atoms with van der Waals surface area (Å²) in [6.45, 7) is 0.593. The molecule has 1 aromatic carbocycles. The van der Waals surface area contributed by atoms with Crippen molar-refractivity contribution in [2.24, 2.45) is 5.73 Å². The van der Waals surface area contributed by atoms with Crippen LogP contribution in [0, 0.1) is 11.3 Å². The Morgan fingerprint density at radius 1 is 1.53 bits per heavy atom. The van der Waals surface area contributed by atoms with E-state index in [9.17, 15) is 4.79 Å². The maximum atomic E-state index is 10.5. The molecule has 0 bridgehead atoms. The molecule has 0 radical (unpaired) electrons. The number of carbonyl (C=O) groups excluding carboxylic acids is 1. The maximum absolute atomic E-state index is 10.5. The Kier molecular flexibility index (Phi) is 3.63. The minimum absolute atomic E-state index is 0.129. The average molecular weight is 259 g/mol. The zero-order valence-corrected chi connectivity index (χ0v) is 10.2. The summed E-state index contributed by atoms with van der Waals surface area (Å²) in [4.78, 5) is 14.7. The van der Waals surface area contributed by atoms with E-state index in [-0.39, 0.29) is 13.2 Å². The highest BCUT2D eigenvalue weighted by molar-refractivity contribution is 5.83.